The minimum absolute atomic E-state index is 0.263. The number of para-hydroxylation sites is 2. The van der Waals surface area contributed by atoms with Crippen LogP contribution in [0.5, 0.6) is 23.0 Å². The second kappa shape index (κ2) is 11.6. The lowest BCUT2D eigenvalue weighted by Crippen LogP contribution is -2.20. The van der Waals surface area contributed by atoms with Gasteiger partial charge in [0.2, 0.25) is 0 Å². The third-order valence-corrected chi connectivity index (χ3v) is 5.60. The third-order valence-electron chi connectivity index (χ3n) is 5.60. The number of rotatable bonds is 8. The molecular formula is C32H24N2O4. The molecule has 2 N–H and O–H groups in total. The predicted octanol–water partition coefficient (Wildman–Crippen LogP) is 7.78. The van der Waals surface area contributed by atoms with Gasteiger partial charge < -0.3 is 20.1 Å². The number of carbonyl (C=O) groups excluding carboxylic acids is 2. The Kier molecular flexibility index (Phi) is 7.42. The van der Waals surface area contributed by atoms with Gasteiger partial charge in [0.25, 0.3) is 11.8 Å². The SMILES string of the molecule is O=C(Nc1ccc(Oc2ccccc2)cc1)c1ccccc1C(=O)Nc1ccc(Oc2ccccc2)cc1. The molecule has 5 rings (SSSR count). The highest BCUT2D eigenvalue weighted by molar-refractivity contribution is 6.15. The zero-order valence-corrected chi connectivity index (χ0v) is 20.3. The second-order valence-electron chi connectivity index (χ2n) is 8.33. The highest BCUT2D eigenvalue weighted by Gasteiger charge is 2.17. The first-order chi connectivity index (χ1) is 18.6. The van der Waals surface area contributed by atoms with Gasteiger partial charge in [-0.05, 0) is 84.9 Å². The van der Waals surface area contributed by atoms with Crippen LogP contribution in [0.1, 0.15) is 20.7 Å². The van der Waals surface area contributed by atoms with E-state index in [1.807, 2.05) is 60.7 Å². The van der Waals surface area contributed by atoms with Crippen LogP contribution in [0.3, 0.4) is 0 Å². The van der Waals surface area contributed by atoms with Crippen LogP contribution in [0, 0.1) is 0 Å². The zero-order valence-electron chi connectivity index (χ0n) is 20.3. The molecule has 6 heteroatoms. The molecule has 0 unspecified atom stereocenters. The van der Waals surface area contributed by atoms with E-state index in [9.17, 15) is 9.59 Å². The molecule has 6 nitrogen and oxygen atoms in total. The first kappa shape index (κ1) is 24.3. The molecule has 0 heterocycles. The van der Waals surface area contributed by atoms with Gasteiger partial charge in [0.1, 0.15) is 23.0 Å². The lowest BCUT2D eigenvalue weighted by Gasteiger charge is -2.12. The van der Waals surface area contributed by atoms with Crippen LogP contribution in [0.15, 0.2) is 133 Å². The van der Waals surface area contributed by atoms with Crippen LogP contribution in [-0.2, 0) is 0 Å². The fourth-order valence-electron chi connectivity index (χ4n) is 3.74. The van der Waals surface area contributed by atoms with Gasteiger partial charge in [0.05, 0.1) is 11.1 Å². The highest BCUT2D eigenvalue weighted by Crippen LogP contribution is 2.25. The molecule has 0 radical (unpaired) electrons. The standard InChI is InChI=1S/C32H24N2O4/c35-31(33-23-15-19-27(20-16-23)37-25-9-3-1-4-10-25)29-13-7-8-14-30(29)32(36)34-24-17-21-28(22-18-24)38-26-11-5-2-6-12-26/h1-22H,(H,33,35)(H,34,36). The number of nitrogens with one attached hydrogen (secondary N) is 2. The molecule has 38 heavy (non-hydrogen) atoms. The van der Waals surface area contributed by atoms with E-state index in [2.05, 4.69) is 10.6 Å². The van der Waals surface area contributed by atoms with Crippen molar-refractivity contribution in [3.8, 4) is 23.0 Å². The van der Waals surface area contributed by atoms with Crippen molar-refractivity contribution in [1.29, 1.82) is 0 Å². The van der Waals surface area contributed by atoms with Crippen LogP contribution >= 0.6 is 0 Å². The van der Waals surface area contributed by atoms with E-state index >= 15 is 0 Å². The number of hydrogen-bond acceptors (Lipinski definition) is 4. The van der Waals surface area contributed by atoms with Crippen molar-refractivity contribution >= 4 is 23.2 Å². The van der Waals surface area contributed by atoms with E-state index in [1.54, 1.807) is 72.8 Å². The molecule has 5 aromatic rings. The molecule has 5 aromatic carbocycles. The van der Waals surface area contributed by atoms with E-state index in [4.69, 9.17) is 9.47 Å². The summed E-state index contributed by atoms with van der Waals surface area (Å²) >= 11 is 0. The van der Waals surface area contributed by atoms with Crippen LogP contribution < -0.4 is 20.1 Å². The number of hydrogen-bond donors (Lipinski definition) is 2. The van der Waals surface area contributed by atoms with Crippen molar-refractivity contribution in [3.05, 3.63) is 145 Å². The fraction of sp³-hybridized carbons (Fsp3) is 0. The summed E-state index contributed by atoms with van der Waals surface area (Å²) in [4.78, 5) is 26.1. The van der Waals surface area contributed by atoms with Gasteiger partial charge in [-0.15, -0.1) is 0 Å². The Morgan fingerprint density at radius 3 is 1.08 bits per heavy atom. The Hall–Kier alpha value is -5.36. The second-order valence-corrected chi connectivity index (χ2v) is 8.33. The van der Waals surface area contributed by atoms with Crippen molar-refractivity contribution in [2.75, 3.05) is 10.6 Å². The summed E-state index contributed by atoms with van der Waals surface area (Å²) in [7, 11) is 0. The monoisotopic (exact) mass is 500 g/mol. The summed E-state index contributed by atoms with van der Waals surface area (Å²) in [6, 6.07) is 39.6. The summed E-state index contributed by atoms with van der Waals surface area (Å²) in [6.45, 7) is 0. The largest absolute Gasteiger partial charge is 0.457 e. The lowest BCUT2D eigenvalue weighted by atomic mass is 10.1. The molecular weight excluding hydrogens is 476 g/mol. The van der Waals surface area contributed by atoms with E-state index in [0.717, 1.165) is 11.5 Å². The van der Waals surface area contributed by atoms with Gasteiger partial charge in [-0.3, -0.25) is 9.59 Å². The molecule has 0 bridgehead atoms. The predicted molar refractivity (Wildman–Crippen MR) is 148 cm³/mol. The van der Waals surface area contributed by atoms with Gasteiger partial charge >= 0.3 is 0 Å². The van der Waals surface area contributed by atoms with E-state index < -0.39 is 0 Å². The Morgan fingerprint density at radius 2 is 0.711 bits per heavy atom. The van der Waals surface area contributed by atoms with E-state index in [1.165, 1.54) is 0 Å². The highest BCUT2D eigenvalue weighted by atomic mass is 16.5. The van der Waals surface area contributed by atoms with Crippen LogP contribution in [-0.4, -0.2) is 11.8 Å². The van der Waals surface area contributed by atoms with Crippen molar-refractivity contribution in [2.45, 2.75) is 0 Å². The van der Waals surface area contributed by atoms with Gasteiger partial charge in [0, 0.05) is 11.4 Å². The smallest absolute Gasteiger partial charge is 0.256 e. The van der Waals surface area contributed by atoms with Crippen LogP contribution in [0.25, 0.3) is 0 Å². The molecule has 0 aromatic heterocycles. The van der Waals surface area contributed by atoms with Crippen molar-refractivity contribution in [1.82, 2.24) is 0 Å². The molecule has 2 amide bonds. The summed E-state index contributed by atoms with van der Waals surface area (Å²) in [5, 5.41) is 5.70. The Morgan fingerprint density at radius 1 is 0.395 bits per heavy atom. The summed E-state index contributed by atoms with van der Waals surface area (Å²) in [6.07, 6.45) is 0. The normalized spacial score (nSPS) is 10.3. The number of anilines is 2. The first-order valence-electron chi connectivity index (χ1n) is 12.0. The molecule has 0 aliphatic heterocycles. The molecule has 0 fully saturated rings. The maximum absolute atomic E-state index is 13.0. The van der Waals surface area contributed by atoms with Crippen LogP contribution in [0.4, 0.5) is 11.4 Å². The van der Waals surface area contributed by atoms with Crippen LogP contribution in [0.2, 0.25) is 0 Å². The first-order valence-corrected chi connectivity index (χ1v) is 12.0. The van der Waals surface area contributed by atoms with Gasteiger partial charge in [0.15, 0.2) is 0 Å². The summed E-state index contributed by atoms with van der Waals surface area (Å²) in [5.41, 5.74) is 1.69. The quantitative estimate of drug-likeness (QED) is 0.228. The number of carbonyl (C=O) groups is 2. The Bertz CT molecular complexity index is 1400. The van der Waals surface area contributed by atoms with Crippen molar-refractivity contribution < 1.29 is 19.1 Å². The Labute approximate surface area is 220 Å². The zero-order chi connectivity index (χ0) is 26.2. The summed E-state index contributed by atoms with van der Waals surface area (Å²) in [5.74, 6) is 1.96. The van der Waals surface area contributed by atoms with Crippen molar-refractivity contribution in [2.24, 2.45) is 0 Å². The minimum Gasteiger partial charge on any atom is -0.457 e. The lowest BCUT2D eigenvalue weighted by molar-refractivity contribution is 0.0990. The molecule has 186 valence electrons. The van der Waals surface area contributed by atoms with Gasteiger partial charge in [-0.1, -0.05) is 48.5 Å². The van der Waals surface area contributed by atoms with Crippen molar-refractivity contribution in [3.63, 3.8) is 0 Å². The topological polar surface area (TPSA) is 76.7 Å². The third kappa shape index (κ3) is 6.25. The average molecular weight is 501 g/mol. The molecule has 0 saturated carbocycles. The number of benzene rings is 5. The van der Waals surface area contributed by atoms with Gasteiger partial charge in [-0.25, -0.2) is 0 Å². The molecule has 0 spiro atoms. The number of ether oxygens (including phenoxy) is 2. The fourth-order valence-corrected chi connectivity index (χ4v) is 3.74. The molecule has 0 atom stereocenters. The molecule has 0 aliphatic carbocycles. The van der Waals surface area contributed by atoms with Gasteiger partial charge in [-0.2, -0.15) is 0 Å². The number of amides is 2. The Balaban J connectivity index is 1.23. The maximum atomic E-state index is 13.0. The van der Waals surface area contributed by atoms with E-state index in [-0.39, 0.29) is 22.9 Å². The van der Waals surface area contributed by atoms with E-state index in [0.29, 0.717) is 22.9 Å². The average Bonchev–Trinajstić information content (AvgIpc) is 2.96. The molecule has 0 saturated heterocycles. The minimum atomic E-state index is -0.390. The molecule has 0 aliphatic rings. The summed E-state index contributed by atoms with van der Waals surface area (Å²) < 4.78 is 11.6. The maximum Gasteiger partial charge on any atom is 0.256 e.